The Kier molecular flexibility index (Phi) is 3.33. The quantitative estimate of drug-likeness (QED) is 0.657. The summed E-state index contributed by atoms with van der Waals surface area (Å²) < 4.78 is 5.40. The molecule has 2 aromatic rings. The van der Waals surface area contributed by atoms with Gasteiger partial charge in [-0.1, -0.05) is 0 Å². The molecule has 1 aromatic heterocycles. The van der Waals surface area contributed by atoms with Crippen LogP contribution in [0.4, 0.5) is 0 Å². The lowest BCUT2D eigenvalue weighted by molar-refractivity contribution is -0.139. The number of aliphatic hydroxyl groups excluding tert-OH is 1. The number of aromatic amines is 1. The predicted molar refractivity (Wildman–Crippen MR) is 72.8 cm³/mol. The van der Waals surface area contributed by atoms with Crippen molar-refractivity contribution in [2.24, 2.45) is 0 Å². The molecule has 0 saturated carbocycles. The molecule has 20 heavy (non-hydrogen) atoms. The number of aromatic nitrogens is 1. The summed E-state index contributed by atoms with van der Waals surface area (Å²) in [5, 5.41) is 21.9. The monoisotopic (exact) mass is 276 g/mol. The molecule has 0 radical (unpaired) electrons. The van der Waals surface area contributed by atoms with E-state index in [-0.39, 0.29) is 13.2 Å². The number of carboxylic acids is 1. The van der Waals surface area contributed by atoms with E-state index in [4.69, 9.17) is 14.9 Å². The molecule has 0 spiro atoms. The van der Waals surface area contributed by atoms with Gasteiger partial charge in [0.05, 0.1) is 6.61 Å². The third kappa shape index (κ3) is 2.23. The van der Waals surface area contributed by atoms with Crippen molar-refractivity contribution in [2.75, 3.05) is 13.2 Å². The number of aliphatic hydroxyl groups is 1. The van der Waals surface area contributed by atoms with Crippen LogP contribution in [0.15, 0.2) is 18.2 Å². The molecule has 6 nitrogen and oxygen atoms in total. The normalized spacial score (nSPS) is 17.9. The van der Waals surface area contributed by atoms with E-state index in [1.54, 1.807) is 0 Å². The molecular weight excluding hydrogens is 260 g/mol. The molecule has 0 bridgehead atoms. The molecule has 0 saturated heterocycles. The van der Waals surface area contributed by atoms with E-state index >= 15 is 0 Å². The van der Waals surface area contributed by atoms with E-state index in [0.717, 1.165) is 22.2 Å². The highest BCUT2D eigenvalue weighted by molar-refractivity contribution is 5.87. The van der Waals surface area contributed by atoms with Gasteiger partial charge in [0, 0.05) is 29.6 Å². The van der Waals surface area contributed by atoms with Gasteiger partial charge in [-0.2, -0.15) is 0 Å². The van der Waals surface area contributed by atoms with Crippen molar-refractivity contribution >= 4 is 16.9 Å². The summed E-state index contributed by atoms with van der Waals surface area (Å²) in [6.07, 6.45) is 0.452. The van der Waals surface area contributed by atoms with Crippen LogP contribution in [-0.4, -0.2) is 40.4 Å². The number of carboxylic acid groups (broad SMARTS) is 1. The van der Waals surface area contributed by atoms with Crippen LogP contribution in [0.2, 0.25) is 0 Å². The van der Waals surface area contributed by atoms with Gasteiger partial charge in [-0.15, -0.1) is 0 Å². The lowest BCUT2D eigenvalue weighted by Crippen LogP contribution is -2.41. The van der Waals surface area contributed by atoms with E-state index in [1.165, 1.54) is 0 Å². The highest BCUT2D eigenvalue weighted by Gasteiger charge is 2.26. The minimum Gasteiger partial charge on any atom is -0.491 e. The number of hydrogen-bond donors (Lipinski definition) is 4. The number of hydrogen-bond acceptors (Lipinski definition) is 4. The smallest absolute Gasteiger partial charge is 0.321 e. The molecule has 1 aromatic carbocycles. The van der Waals surface area contributed by atoms with Crippen LogP contribution in [-0.2, 0) is 17.8 Å². The molecular formula is C14H16N2O4. The van der Waals surface area contributed by atoms with Crippen LogP contribution < -0.4 is 10.1 Å². The molecule has 3 rings (SSSR count). The van der Waals surface area contributed by atoms with Crippen molar-refractivity contribution < 1.29 is 19.7 Å². The van der Waals surface area contributed by atoms with Crippen molar-refractivity contribution in [1.82, 2.24) is 10.3 Å². The minimum absolute atomic E-state index is 0.0334. The standard InChI is InChI=1S/C14H16N2O4/c17-3-4-20-8-1-2-11-9(5-8)10-6-12(14(18)19)15-7-13(10)16-11/h1-2,5,12,15-17H,3-4,6-7H2,(H,18,19). The molecule has 1 unspecified atom stereocenters. The second kappa shape index (κ2) is 5.15. The average molecular weight is 276 g/mol. The second-order valence-electron chi connectivity index (χ2n) is 4.84. The fourth-order valence-electron chi connectivity index (χ4n) is 2.60. The summed E-state index contributed by atoms with van der Waals surface area (Å²) in [6.45, 7) is 0.736. The number of rotatable bonds is 4. The maximum Gasteiger partial charge on any atom is 0.321 e. The van der Waals surface area contributed by atoms with Crippen LogP contribution in [0.1, 0.15) is 11.3 Å². The maximum atomic E-state index is 11.1. The van der Waals surface area contributed by atoms with Crippen molar-refractivity contribution in [3.05, 3.63) is 29.5 Å². The Bertz CT molecular complexity index is 650. The molecule has 1 aliphatic rings. The Morgan fingerprint density at radius 3 is 3.05 bits per heavy atom. The Morgan fingerprint density at radius 2 is 2.30 bits per heavy atom. The highest BCUT2D eigenvalue weighted by atomic mass is 16.5. The van der Waals surface area contributed by atoms with E-state index < -0.39 is 12.0 Å². The first-order valence-electron chi connectivity index (χ1n) is 6.52. The lowest BCUT2D eigenvalue weighted by Gasteiger charge is -2.20. The fraction of sp³-hybridized carbons (Fsp3) is 0.357. The summed E-state index contributed by atoms with van der Waals surface area (Å²) in [5.74, 6) is -0.156. The van der Waals surface area contributed by atoms with Gasteiger partial charge in [0.1, 0.15) is 18.4 Å². The molecule has 6 heteroatoms. The number of aliphatic carboxylic acids is 1. The van der Waals surface area contributed by atoms with Crippen molar-refractivity contribution in [3.8, 4) is 5.75 Å². The van der Waals surface area contributed by atoms with Crippen LogP contribution in [0.3, 0.4) is 0 Å². The van der Waals surface area contributed by atoms with Gasteiger partial charge in [0.2, 0.25) is 0 Å². The van der Waals surface area contributed by atoms with Gasteiger partial charge in [0.25, 0.3) is 0 Å². The topological polar surface area (TPSA) is 94.6 Å². The number of fused-ring (bicyclic) bond motifs is 3. The van der Waals surface area contributed by atoms with Crippen LogP contribution in [0.25, 0.3) is 10.9 Å². The number of nitrogens with one attached hydrogen (secondary N) is 2. The SMILES string of the molecule is O=C(O)C1Cc2c([nH]c3ccc(OCCO)cc23)CN1. The minimum atomic E-state index is -0.835. The van der Waals surface area contributed by atoms with Crippen LogP contribution >= 0.6 is 0 Å². The number of ether oxygens (including phenoxy) is 1. The average Bonchev–Trinajstić information content (AvgIpc) is 2.82. The number of carbonyl (C=O) groups is 1. The summed E-state index contributed by atoms with van der Waals surface area (Å²) >= 11 is 0. The zero-order valence-electron chi connectivity index (χ0n) is 10.8. The Morgan fingerprint density at radius 1 is 1.45 bits per heavy atom. The van der Waals surface area contributed by atoms with E-state index in [0.29, 0.717) is 18.7 Å². The van der Waals surface area contributed by atoms with Gasteiger partial charge in [-0.3, -0.25) is 10.1 Å². The van der Waals surface area contributed by atoms with Crippen LogP contribution in [0, 0.1) is 0 Å². The first-order valence-corrected chi connectivity index (χ1v) is 6.52. The third-order valence-electron chi connectivity index (χ3n) is 3.56. The zero-order valence-corrected chi connectivity index (χ0v) is 10.8. The zero-order chi connectivity index (χ0) is 14.1. The molecule has 2 heterocycles. The van der Waals surface area contributed by atoms with Gasteiger partial charge in [-0.05, 0) is 23.8 Å². The second-order valence-corrected chi connectivity index (χ2v) is 4.84. The van der Waals surface area contributed by atoms with Crippen molar-refractivity contribution in [1.29, 1.82) is 0 Å². The summed E-state index contributed by atoms with van der Waals surface area (Å²) in [4.78, 5) is 14.4. The van der Waals surface area contributed by atoms with E-state index in [2.05, 4.69) is 10.3 Å². The Hall–Kier alpha value is -2.05. The summed E-state index contributed by atoms with van der Waals surface area (Å²) in [5.41, 5.74) is 3.02. The lowest BCUT2D eigenvalue weighted by atomic mass is 9.98. The van der Waals surface area contributed by atoms with Gasteiger partial charge in [-0.25, -0.2) is 0 Å². The maximum absolute atomic E-state index is 11.1. The number of H-pyrrole nitrogens is 1. The fourth-order valence-corrected chi connectivity index (χ4v) is 2.60. The molecule has 1 atom stereocenters. The molecule has 0 aliphatic carbocycles. The summed E-state index contributed by atoms with van der Waals surface area (Å²) in [7, 11) is 0. The van der Waals surface area contributed by atoms with E-state index in [1.807, 2.05) is 18.2 Å². The van der Waals surface area contributed by atoms with Gasteiger partial charge in [0.15, 0.2) is 0 Å². The largest absolute Gasteiger partial charge is 0.491 e. The molecule has 0 amide bonds. The molecule has 106 valence electrons. The van der Waals surface area contributed by atoms with Gasteiger partial charge < -0.3 is 19.9 Å². The van der Waals surface area contributed by atoms with Gasteiger partial charge >= 0.3 is 5.97 Å². The summed E-state index contributed by atoms with van der Waals surface area (Å²) in [6, 6.07) is 5.09. The number of benzene rings is 1. The highest BCUT2D eigenvalue weighted by Crippen LogP contribution is 2.29. The Labute approximate surface area is 115 Å². The van der Waals surface area contributed by atoms with Crippen molar-refractivity contribution in [2.45, 2.75) is 19.0 Å². The first-order chi connectivity index (χ1) is 9.69. The molecule has 4 N–H and O–H groups in total. The first kappa shape index (κ1) is 13.0. The third-order valence-corrected chi connectivity index (χ3v) is 3.56. The molecule has 1 aliphatic heterocycles. The van der Waals surface area contributed by atoms with Crippen molar-refractivity contribution in [3.63, 3.8) is 0 Å². The molecule has 0 fully saturated rings. The predicted octanol–water partition coefficient (Wildman–Crippen LogP) is 0.638. The Balaban J connectivity index is 1.98. The van der Waals surface area contributed by atoms with Crippen LogP contribution in [0.5, 0.6) is 5.75 Å². The van der Waals surface area contributed by atoms with E-state index in [9.17, 15) is 4.79 Å².